The van der Waals surface area contributed by atoms with Gasteiger partial charge in [-0.1, -0.05) is 31.9 Å². The maximum absolute atomic E-state index is 13.0. The fourth-order valence-electron chi connectivity index (χ4n) is 2.82. The van der Waals surface area contributed by atoms with Gasteiger partial charge in [0.1, 0.15) is 5.82 Å². The second-order valence-corrected chi connectivity index (χ2v) is 5.23. The van der Waals surface area contributed by atoms with Crippen molar-refractivity contribution in [1.29, 1.82) is 0 Å². The zero-order valence-corrected chi connectivity index (χ0v) is 9.75. The molecular formula is C14H19FO. The Kier molecular flexibility index (Phi) is 3.29. The molecule has 88 valence electrons. The fourth-order valence-corrected chi connectivity index (χ4v) is 2.82. The molecule has 0 radical (unpaired) electrons. The predicted molar refractivity (Wildman–Crippen MR) is 62.7 cm³/mol. The Bertz CT molecular complexity index is 364. The van der Waals surface area contributed by atoms with Crippen LogP contribution in [0, 0.1) is 11.7 Å². The third kappa shape index (κ3) is 2.82. The number of halogens is 1. The van der Waals surface area contributed by atoms with Crippen molar-refractivity contribution in [3.05, 3.63) is 35.6 Å². The maximum Gasteiger partial charge on any atom is 0.123 e. The zero-order valence-electron chi connectivity index (χ0n) is 9.75. The molecule has 2 unspecified atom stereocenters. The van der Waals surface area contributed by atoms with Gasteiger partial charge in [0.25, 0.3) is 0 Å². The van der Waals surface area contributed by atoms with Gasteiger partial charge in [0.15, 0.2) is 0 Å². The minimum Gasteiger partial charge on any atom is -0.390 e. The molecule has 2 heteroatoms. The molecule has 1 nitrogen and oxygen atoms in total. The molecule has 1 saturated carbocycles. The Hall–Kier alpha value is -0.890. The van der Waals surface area contributed by atoms with Gasteiger partial charge in [-0.25, -0.2) is 4.39 Å². The second-order valence-electron chi connectivity index (χ2n) is 5.23. The highest BCUT2D eigenvalue weighted by Gasteiger charge is 2.32. The third-order valence-electron chi connectivity index (χ3n) is 3.49. The largest absolute Gasteiger partial charge is 0.390 e. The summed E-state index contributed by atoms with van der Waals surface area (Å²) in [4.78, 5) is 0. The van der Waals surface area contributed by atoms with E-state index in [1.165, 1.54) is 18.6 Å². The zero-order chi connectivity index (χ0) is 11.6. The van der Waals surface area contributed by atoms with E-state index in [0.29, 0.717) is 12.3 Å². The summed E-state index contributed by atoms with van der Waals surface area (Å²) in [6.07, 6.45) is 4.53. The average Bonchev–Trinajstić information content (AvgIpc) is 2.16. The summed E-state index contributed by atoms with van der Waals surface area (Å²) in [5.41, 5.74) is 0.280. The van der Waals surface area contributed by atoms with E-state index in [0.717, 1.165) is 24.8 Å². The summed E-state index contributed by atoms with van der Waals surface area (Å²) in [6.45, 7) is 2.18. The lowest BCUT2D eigenvalue weighted by molar-refractivity contribution is -0.0124. The molecule has 1 aliphatic carbocycles. The summed E-state index contributed by atoms with van der Waals surface area (Å²) in [5.74, 6) is 0.359. The predicted octanol–water partition coefficient (Wildman–Crippen LogP) is 3.31. The summed E-state index contributed by atoms with van der Waals surface area (Å²) in [6, 6.07) is 6.56. The number of benzene rings is 1. The van der Waals surface area contributed by atoms with Crippen LogP contribution in [-0.2, 0) is 6.42 Å². The van der Waals surface area contributed by atoms with Gasteiger partial charge in [-0.3, -0.25) is 0 Å². The molecule has 0 aliphatic heterocycles. The molecule has 0 saturated heterocycles. The smallest absolute Gasteiger partial charge is 0.123 e. The Labute approximate surface area is 96.3 Å². The molecule has 0 aromatic heterocycles. The second kappa shape index (κ2) is 4.54. The molecule has 1 N–H and O–H groups in total. The van der Waals surface area contributed by atoms with Gasteiger partial charge in [0.05, 0.1) is 5.60 Å². The molecule has 0 spiro atoms. The van der Waals surface area contributed by atoms with E-state index < -0.39 is 5.60 Å². The molecule has 0 bridgehead atoms. The topological polar surface area (TPSA) is 20.2 Å². The Morgan fingerprint density at radius 3 is 3.00 bits per heavy atom. The van der Waals surface area contributed by atoms with Crippen molar-refractivity contribution in [2.45, 2.75) is 44.6 Å². The maximum atomic E-state index is 13.0. The average molecular weight is 222 g/mol. The first-order chi connectivity index (χ1) is 7.57. The van der Waals surface area contributed by atoms with Gasteiger partial charge in [0, 0.05) is 6.42 Å². The van der Waals surface area contributed by atoms with Crippen LogP contribution in [0.3, 0.4) is 0 Å². The van der Waals surface area contributed by atoms with Gasteiger partial charge >= 0.3 is 0 Å². The van der Waals surface area contributed by atoms with Gasteiger partial charge in [-0.2, -0.15) is 0 Å². The molecule has 1 fully saturated rings. The van der Waals surface area contributed by atoms with Crippen LogP contribution >= 0.6 is 0 Å². The molecule has 2 rings (SSSR count). The van der Waals surface area contributed by atoms with Crippen LogP contribution in [0.1, 0.15) is 38.2 Å². The highest BCUT2D eigenvalue weighted by atomic mass is 19.1. The Balaban J connectivity index is 2.08. The van der Waals surface area contributed by atoms with Crippen molar-refractivity contribution < 1.29 is 9.50 Å². The van der Waals surface area contributed by atoms with Crippen LogP contribution in [0.4, 0.5) is 4.39 Å². The molecule has 16 heavy (non-hydrogen) atoms. The first kappa shape index (κ1) is 11.6. The first-order valence-electron chi connectivity index (χ1n) is 6.04. The molecular weight excluding hydrogens is 203 g/mol. The standard InChI is InChI=1S/C14H19FO/c1-11-4-3-7-14(16,9-11)10-12-5-2-6-13(15)8-12/h2,5-6,8,11,16H,3-4,7,9-10H2,1H3. The van der Waals surface area contributed by atoms with Crippen LogP contribution in [0.2, 0.25) is 0 Å². The number of aliphatic hydroxyl groups is 1. The molecule has 0 amide bonds. The lowest BCUT2D eigenvalue weighted by Crippen LogP contribution is -2.36. The van der Waals surface area contributed by atoms with Gasteiger partial charge in [-0.05, 0) is 36.5 Å². The van der Waals surface area contributed by atoms with E-state index in [4.69, 9.17) is 0 Å². The fraction of sp³-hybridized carbons (Fsp3) is 0.571. The SMILES string of the molecule is CC1CCCC(O)(Cc2cccc(F)c2)C1. The quantitative estimate of drug-likeness (QED) is 0.814. The van der Waals surface area contributed by atoms with Crippen molar-refractivity contribution in [3.63, 3.8) is 0 Å². The molecule has 1 aromatic carbocycles. The van der Waals surface area contributed by atoms with Crippen molar-refractivity contribution in [2.24, 2.45) is 5.92 Å². The lowest BCUT2D eigenvalue weighted by atomic mass is 9.76. The molecule has 1 aliphatic rings. The summed E-state index contributed by atoms with van der Waals surface area (Å²) in [5, 5.41) is 10.5. The van der Waals surface area contributed by atoms with Crippen molar-refractivity contribution >= 4 is 0 Å². The van der Waals surface area contributed by atoms with E-state index >= 15 is 0 Å². The highest BCUT2D eigenvalue weighted by Crippen LogP contribution is 2.34. The monoisotopic (exact) mass is 222 g/mol. The van der Waals surface area contributed by atoms with E-state index in [1.54, 1.807) is 6.07 Å². The van der Waals surface area contributed by atoms with Crippen LogP contribution in [0.15, 0.2) is 24.3 Å². The Morgan fingerprint density at radius 2 is 2.31 bits per heavy atom. The number of hydrogen-bond donors (Lipinski definition) is 1. The van der Waals surface area contributed by atoms with Crippen LogP contribution in [0.5, 0.6) is 0 Å². The normalized spacial score (nSPS) is 30.3. The lowest BCUT2D eigenvalue weighted by Gasteiger charge is -2.35. The third-order valence-corrected chi connectivity index (χ3v) is 3.49. The summed E-state index contributed by atoms with van der Waals surface area (Å²) >= 11 is 0. The van der Waals surface area contributed by atoms with E-state index in [9.17, 15) is 9.50 Å². The van der Waals surface area contributed by atoms with Crippen molar-refractivity contribution in [1.82, 2.24) is 0 Å². The van der Waals surface area contributed by atoms with E-state index in [1.807, 2.05) is 6.07 Å². The number of rotatable bonds is 2. The Morgan fingerprint density at radius 1 is 1.50 bits per heavy atom. The van der Waals surface area contributed by atoms with Gasteiger partial charge < -0.3 is 5.11 Å². The van der Waals surface area contributed by atoms with Gasteiger partial charge in [-0.15, -0.1) is 0 Å². The van der Waals surface area contributed by atoms with E-state index in [-0.39, 0.29) is 5.82 Å². The molecule has 1 aromatic rings. The summed E-state index contributed by atoms with van der Waals surface area (Å²) in [7, 11) is 0. The highest BCUT2D eigenvalue weighted by molar-refractivity contribution is 5.18. The van der Waals surface area contributed by atoms with Crippen molar-refractivity contribution in [3.8, 4) is 0 Å². The van der Waals surface area contributed by atoms with Crippen LogP contribution in [-0.4, -0.2) is 10.7 Å². The first-order valence-corrected chi connectivity index (χ1v) is 6.04. The molecule has 0 heterocycles. The number of hydrogen-bond acceptors (Lipinski definition) is 1. The van der Waals surface area contributed by atoms with Crippen LogP contribution in [0.25, 0.3) is 0 Å². The minimum absolute atomic E-state index is 0.218. The molecule has 2 atom stereocenters. The minimum atomic E-state index is -0.620. The van der Waals surface area contributed by atoms with Crippen LogP contribution < -0.4 is 0 Å². The van der Waals surface area contributed by atoms with E-state index in [2.05, 4.69) is 6.92 Å². The van der Waals surface area contributed by atoms with Gasteiger partial charge in [0.2, 0.25) is 0 Å². The van der Waals surface area contributed by atoms with Crippen molar-refractivity contribution in [2.75, 3.05) is 0 Å². The summed E-state index contributed by atoms with van der Waals surface area (Å²) < 4.78 is 13.0.